The molecule has 1 atom stereocenters. The van der Waals surface area contributed by atoms with E-state index in [0.29, 0.717) is 19.5 Å². The van der Waals surface area contributed by atoms with Crippen molar-refractivity contribution >= 4 is 18.3 Å². The lowest BCUT2D eigenvalue weighted by atomic mass is 10.0. The van der Waals surface area contributed by atoms with E-state index in [1.807, 2.05) is 37.1 Å². The summed E-state index contributed by atoms with van der Waals surface area (Å²) in [6.45, 7) is 5.53. The predicted octanol–water partition coefficient (Wildman–Crippen LogP) is 4.30. The van der Waals surface area contributed by atoms with E-state index in [1.54, 1.807) is 7.11 Å². The zero-order valence-corrected chi connectivity index (χ0v) is 16.8. The number of halogens is 1. The van der Waals surface area contributed by atoms with Gasteiger partial charge in [-0.2, -0.15) is 0 Å². The van der Waals surface area contributed by atoms with Gasteiger partial charge in [0.25, 0.3) is 0 Å². The van der Waals surface area contributed by atoms with Crippen LogP contribution in [0.1, 0.15) is 31.9 Å². The minimum Gasteiger partial charge on any atom is -0.497 e. The van der Waals surface area contributed by atoms with Crippen LogP contribution in [0.3, 0.4) is 0 Å². The summed E-state index contributed by atoms with van der Waals surface area (Å²) in [5.41, 5.74) is 3.40. The molecule has 4 nitrogen and oxygen atoms in total. The van der Waals surface area contributed by atoms with Crippen molar-refractivity contribution in [2.24, 2.45) is 0 Å². The highest BCUT2D eigenvalue weighted by Gasteiger charge is 2.19. The fraction of sp³-hybridized carbons (Fsp3) is 0.381. The van der Waals surface area contributed by atoms with Gasteiger partial charge in [0.05, 0.1) is 13.2 Å². The van der Waals surface area contributed by atoms with Crippen LogP contribution in [-0.2, 0) is 4.79 Å². The lowest BCUT2D eigenvalue weighted by molar-refractivity contribution is -0.133. The van der Waals surface area contributed by atoms with Gasteiger partial charge in [0, 0.05) is 19.5 Å². The summed E-state index contributed by atoms with van der Waals surface area (Å²) in [5.74, 6) is 1.03. The molecule has 0 aliphatic heterocycles. The maximum absolute atomic E-state index is 12.4. The number of hydrogen-bond donors (Lipinski definition) is 1. The zero-order chi connectivity index (χ0) is 18.2. The highest BCUT2D eigenvalue weighted by molar-refractivity contribution is 5.85. The maximum atomic E-state index is 12.4. The van der Waals surface area contributed by atoms with E-state index in [1.165, 1.54) is 0 Å². The Hall–Kier alpha value is -2.04. The number of amides is 1. The molecular weight excluding hydrogens is 348 g/mol. The quantitative estimate of drug-likeness (QED) is 0.746. The van der Waals surface area contributed by atoms with Crippen LogP contribution in [-0.4, -0.2) is 38.1 Å². The molecule has 1 unspecified atom stereocenters. The van der Waals surface area contributed by atoms with Crippen molar-refractivity contribution in [1.29, 1.82) is 0 Å². The molecule has 0 saturated carbocycles. The van der Waals surface area contributed by atoms with Crippen molar-refractivity contribution in [3.8, 4) is 16.9 Å². The molecule has 0 radical (unpaired) electrons. The molecule has 1 N–H and O–H groups in total. The number of nitrogens with zero attached hydrogens (tertiary/aromatic N) is 1. The molecule has 0 heterocycles. The number of methoxy groups -OCH3 is 1. The second kappa shape index (κ2) is 10.8. The van der Waals surface area contributed by atoms with Crippen LogP contribution < -0.4 is 10.1 Å². The first-order chi connectivity index (χ1) is 12.1. The maximum Gasteiger partial charge on any atom is 0.224 e. The van der Waals surface area contributed by atoms with Crippen molar-refractivity contribution < 1.29 is 9.53 Å². The largest absolute Gasteiger partial charge is 0.497 e. The second-order valence-electron chi connectivity index (χ2n) is 6.06. The third kappa shape index (κ3) is 5.48. The Bertz CT molecular complexity index is 689. The monoisotopic (exact) mass is 376 g/mol. The smallest absolute Gasteiger partial charge is 0.224 e. The standard InChI is InChI=1S/C21H28N2O2.ClH/c1-5-23(21(24)13-14-22-3)16(2)17-9-11-18(12-10-17)19-7-6-8-20(15-19)25-4;/h6-12,15-16,22H,5,13-14H2,1-4H3;1H. The second-order valence-corrected chi connectivity index (χ2v) is 6.06. The van der Waals surface area contributed by atoms with Gasteiger partial charge < -0.3 is 15.0 Å². The molecule has 5 heteroatoms. The van der Waals surface area contributed by atoms with E-state index in [2.05, 4.69) is 42.6 Å². The summed E-state index contributed by atoms with van der Waals surface area (Å²) in [6.07, 6.45) is 0.524. The summed E-state index contributed by atoms with van der Waals surface area (Å²) in [6, 6.07) is 16.5. The first kappa shape index (κ1) is 22.0. The first-order valence-corrected chi connectivity index (χ1v) is 8.79. The first-order valence-electron chi connectivity index (χ1n) is 8.79. The third-order valence-corrected chi connectivity index (χ3v) is 4.51. The number of hydrogen-bond acceptors (Lipinski definition) is 3. The number of nitrogens with one attached hydrogen (secondary N) is 1. The molecule has 0 fully saturated rings. The van der Waals surface area contributed by atoms with E-state index < -0.39 is 0 Å². The van der Waals surface area contributed by atoms with Gasteiger partial charge in [-0.15, -0.1) is 12.4 Å². The fourth-order valence-electron chi connectivity index (χ4n) is 2.98. The average molecular weight is 377 g/mol. The number of ether oxygens (including phenoxy) is 1. The van der Waals surface area contributed by atoms with Crippen molar-refractivity contribution in [2.75, 3.05) is 27.2 Å². The van der Waals surface area contributed by atoms with Crippen LogP contribution in [0, 0.1) is 0 Å². The minimum atomic E-state index is 0. The van der Waals surface area contributed by atoms with Gasteiger partial charge in [0.1, 0.15) is 5.75 Å². The van der Waals surface area contributed by atoms with Gasteiger partial charge in [-0.25, -0.2) is 0 Å². The Kier molecular flexibility index (Phi) is 9.17. The summed E-state index contributed by atoms with van der Waals surface area (Å²) in [4.78, 5) is 14.3. The Morgan fingerprint density at radius 1 is 1.15 bits per heavy atom. The molecule has 1 amide bonds. The molecule has 0 spiro atoms. The van der Waals surface area contributed by atoms with Crippen LogP contribution in [0.15, 0.2) is 48.5 Å². The van der Waals surface area contributed by atoms with Crippen LogP contribution in [0.5, 0.6) is 5.75 Å². The van der Waals surface area contributed by atoms with Crippen LogP contribution in [0.4, 0.5) is 0 Å². The lowest BCUT2D eigenvalue weighted by Gasteiger charge is -2.28. The van der Waals surface area contributed by atoms with Crippen LogP contribution in [0.2, 0.25) is 0 Å². The molecule has 142 valence electrons. The lowest BCUT2D eigenvalue weighted by Crippen LogP contribution is -2.34. The third-order valence-electron chi connectivity index (χ3n) is 4.51. The van der Waals surface area contributed by atoms with E-state index >= 15 is 0 Å². The number of rotatable bonds is 8. The Balaban J connectivity index is 0.00000338. The molecule has 2 rings (SSSR count). The van der Waals surface area contributed by atoms with Gasteiger partial charge >= 0.3 is 0 Å². The van der Waals surface area contributed by atoms with Crippen molar-refractivity contribution in [3.63, 3.8) is 0 Å². The summed E-state index contributed by atoms with van der Waals surface area (Å²) >= 11 is 0. The molecule has 2 aromatic carbocycles. The topological polar surface area (TPSA) is 41.6 Å². The number of carbonyl (C=O) groups excluding carboxylic acids is 1. The number of carbonyl (C=O) groups is 1. The number of benzene rings is 2. The predicted molar refractivity (Wildman–Crippen MR) is 110 cm³/mol. The van der Waals surface area contributed by atoms with Crippen molar-refractivity contribution in [1.82, 2.24) is 10.2 Å². The van der Waals surface area contributed by atoms with Gasteiger partial charge in [0.15, 0.2) is 0 Å². The molecule has 26 heavy (non-hydrogen) atoms. The van der Waals surface area contributed by atoms with E-state index in [9.17, 15) is 4.79 Å². The molecule has 2 aromatic rings. The van der Waals surface area contributed by atoms with Gasteiger partial charge in [-0.3, -0.25) is 4.79 Å². The highest BCUT2D eigenvalue weighted by atomic mass is 35.5. The minimum absolute atomic E-state index is 0. The van der Waals surface area contributed by atoms with Crippen LogP contribution in [0.25, 0.3) is 11.1 Å². The van der Waals surface area contributed by atoms with Crippen LogP contribution >= 0.6 is 12.4 Å². The Morgan fingerprint density at radius 3 is 2.42 bits per heavy atom. The van der Waals surface area contributed by atoms with Gasteiger partial charge in [-0.1, -0.05) is 36.4 Å². The van der Waals surface area contributed by atoms with Crippen molar-refractivity contribution in [3.05, 3.63) is 54.1 Å². The van der Waals surface area contributed by atoms with Crippen molar-refractivity contribution in [2.45, 2.75) is 26.3 Å². The molecule has 0 aliphatic carbocycles. The zero-order valence-electron chi connectivity index (χ0n) is 16.0. The molecular formula is C21H29ClN2O2. The molecule has 0 bridgehead atoms. The van der Waals surface area contributed by atoms with E-state index in [0.717, 1.165) is 22.4 Å². The average Bonchev–Trinajstić information content (AvgIpc) is 2.67. The normalized spacial score (nSPS) is 11.4. The fourth-order valence-corrected chi connectivity index (χ4v) is 2.98. The van der Waals surface area contributed by atoms with E-state index in [-0.39, 0.29) is 24.4 Å². The summed E-state index contributed by atoms with van der Waals surface area (Å²) in [5, 5.41) is 3.03. The summed E-state index contributed by atoms with van der Waals surface area (Å²) in [7, 11) is 3.54. The molecule has 0 aliphatic rings. The summed E-state index contributed by atoms with van der Waals surface area (Å²) < 4.78 is 5.29. The Labute approximate surface area is 163 Å². The Morgan fingerprint density at radius 2 is 1.85 bits per heavy atom. The molecule has 0 saturated heterocycles. The SMILES string of the molecule is CCN(C(=O)CCNC)C(C)c1ccc(-c2cccc(OC)c2)cc1.Cl. The van der Waals surface area contributed by atoms with E-state index in [4.69, 9.17) is 4.74 Å². The van der Waals surface area contributed by atoms with Gasteiger partial charge in [0.2, 0.25) is 5.91 Å². The highest BCUT2D eigenvalue weighted by Crippen LogP contribution is 2.27. The van der Waals surface area contributed by atoms with Gasteiger partial charge in [-0.05, 0) is 49.7 Å². The molecule has 0 aromatic heterocycles.